The van der Waals surface area contributed by atoms with E-state index in [9.17, 15) is 14.7 Å². The first-order chi connectivity index (χ1) is 10.0. The lowest BCUT2D eigenvalue weighted by atomic mass is 9.78. The van der Waals surface area contributed by atoms with Crippen molar-refractivity contribution in [1.29, 1.82) is 0 Å². The molecule has 1 N–H and O–H groups in total. The quantitative estimate of drug-likeness (QED) is 0.903. The number of carbonyl (C=O) groups excluding carboxylic acids is 1. The number of hydrogen-bond donors (Lipinski definition) is 1. The molecule has 1 aromatic heterocycles. The highest BCUT2D eigenvalue weighted by atomic mass is 16.4. The van der Waals surface area contributed by atoms with Crippen LogP contribution in [0.1, 0.15) is 44.1 Å². The molecular weight excluding hydrogens is 268 g/mol. The Morgan fingerprint density at radius 2 is 1.86 bits per heavy atom. The summed E-state index contributed by atoms with van der Waals surface area (Å²) in [6.07, 6.45) is 8.29. The second kappa shape index (κ2) is 6.70. The lowest BCUT2D eigenvalue weighted by molar-refractivity contribution is -0.145. The van der Waals surface area contributed by atoms with Crippen molar-refractivity contribution >= 4 is 11.9 Å². The number of carboxylic acids is 1. The number of rotatable bonds is 5. The fraction of sp³-hybridized carbons (Fsp3) is 0.562. The highest BCUT2D eigenvalue weighted by molar-refractivity contribution is 5.80. The molecule has 1 fully saturated rings. The zero-order valence-electron chi connectivity index (χ0n) is 12.4. The molecule has 1 saturated carbocycles. The maximum atomic E-state index is 12.5. The summed E-state index contributed by atoms with van der Waals surface area (Å²) in [6.45, 7) is 0. The Morgan fingerprint density at radius 3 is 2.43 bits per heavy atom. The average molecular weight is 290 g/mol. The minimum atomic E-state index is -0.833. The molecule has 5 nitrogen and oxygen atoms in total. The van der Waals surface area contributed by atoms with Gasteiger partial charge in [0.2, 0.25) is 5.91 Å². The van der Waals surface area contributed by atoms with Gasteiger partial charge >= 0.3 is 5.97 Å². The normalized spacial score (nSPS) is 17.2. The summed E-state index contributed by atoms with van der Waals surface area (Å²) < 4.78 is 0. The van der Waals surface area contributed by atoms with E-state index in [1.54, 1.807) is 24.3 Å². The Bertz CT molecular complexity index is 496. The van der Waals surface area contributed by atoms with E-state index in [2.05, 4.69) is 4.98 Å². The van der Waals surface area contributed by atoms with E-state index in [1.807, 2.05) is 12.1 Å². The van der Waals surface area contributed by atoms with Crippen molar-refractivity contribution in [1.82, 2.24) is 9.88 Å². The topological polar surface area (TPSA) is 70.5 Å². The molecule has 1 aliphatic rings. The van der Waals surface area contributed by atoms with Crippen LogP contribution in [0.15, 0.2) is 24.5 Å². The van der Waals surface area contributed by atoms with Crippen molar-refractivity contribution in [3.8, 4) is 0 Å². The Hall–Kier alpha value is -1.91. The van der Waals surface area contributed by atoms with Crippen LogP contribution in [0.2, 0.25) is 0 Å². The molecular formula is C16H22N2O3. The molecule has 0 spiro atoms. The number of aliphatic carboxylic acids is 1. The molecule has 1 amide bonds. The first-order valence-electron chi connectivity index (χ1n) is 7.41. The summed E-state index contributed by atoms with van der Waals surface area (Å²) in [5, 5.41) is 9.21. The average Bonchev–Trinajstić information content (AvgIpc) is 2.47. The summed E-state index contributed by atoms with van der Waals surface area (Å²) in [5.41, 5.74) is 0.386. The molecule has 5 heteroatoms. The van der Waals surface area contributed by atoms with Gasteiger partial charge in [0.25, 0.3) is 0 Å². The second-order valence-electron chi connectivity index (χ2n) is 5.84. The Balaban J connectivity index is 2.11. The largest absolute Gasteiger partial charge is 0.481 e. The third kappa shape index (κ3) is 3.80. The SMILES string of the molecule is CN(C(=O)Cc1ccncc1)C1(CC(=O)O)CCCCC1. The van der Waals surface area contributed by atoms with Gasteiger partial charge in [-0.05, 0) is 30.5 Å². The number of pyridine rings is 1. The molecule has 114 valence electrons. The van der Waals surface area contributed by atoms with Gasteiger partial charge in [0.05, 0.1) is 18.4 Å². The van der Waals surface area contributed by atoms with E-state index >= 15 is 0 Å². The third-order valence-corrected chi connectivity index (χ3v) is 4.45. The fourth-order valence-electron chi connectivity index (χ4n) is 3.18. The first kappa shape index (κ1) is 15.5. The van der Waals surface area contributed by atoms with Crippen LogP contribution in [0.25, 0.3) is 0 Å². The van der Waals surface area contributed by atoms with Gasteiger partial charge in [0.1, 0.15) is 0 Å². The van der Waals surface area contributed by atoms with Crippen LogP contribution in [0.5, 0.6) is 0 Å². The summed E-state index contributed by atoms with van der Waals surface area (Å²) in [7, 11) is 1.75. The second-order valence-corrected chi connectivity index (χ2v) is 5.84. The zero-order valence-corrected chi connectivity index (χ0v) is 12.4. The van der Waals surface area contributed by atoms with Crippen LogP contribution in [0.4, 0.5) is 0 Å². The first-order valence-corrected chi connectivity index (χ1v) is 7.41. The van der Waals surface area contributed by atoms with E-state index in [0.717, 1.165) is 37.7 Å². The Kier molecular flexibility index (Phi) is 4.94. The number of likely N-dealkylation sites (N-methyl/N-ethyl adjacent to an activating group) is 1. The van der Waals surface area contributed by atoms with Gasteiger partial charge in [0.15, 0.2) is 0 Å². The third-order valence-electron chi connectivity index (χ3n) is 4.45. The van der Waals surface area contributed by atoms with E-state index in [0.29, 0.717) is 6.42 Å². The smallest absolute Gasteiger partial charge is 0.305 e. The summed E-state index contributed by atoms with van der Waals surface area (Å²) in [6, 6.07) is 3.63. The lowest BCUT2D eigenvalue weighted by Gasteiger charge is -2.44. The van der Waals surface area contributed by atoms with Crippen LogP contribution in [-0.2, 0) is 16.0 Å². The van der Waals surface area contributed by atoms with Gasteiger partial charge in [-0.3, -0.25) is 14.6 Å². The number of carboxylic acid groups (broad SMARTS) is 1. The van der Waals surface area contributed by atoms with Crippen LogP contribution in [-0.4, -0.2) is 39.5 Å². The minimum absolute atomic E-state index is 0.0237. The molecule has 1 aliphatic carbocycles. The lowest BCUT2D eigenvalue weighted by Crippen LogP contribution is -2.52. The Labute approximate surface area is 125 Å². The van der Waals surface area contributed by atoms with E-state index in [4.69, 9.17) is 0 Å². The highest BCUT2D eigenvalue weighted by Crippen LogP contribution is 2.36. The highest BCUT2D eigenvalue weighted by Gasteiger charge is 2.40. The minimum Gasteiger partial charge on any atom is -0.481 e. The summed E-state index contributed by atoms with van der Waals surface area (Å²) in [5.74, 6) is -0.857. The predicted molar refractivity (Wildman–Crippen MR) is 78.8 cm³/mol. The molecule has 0 aliphatic heterocycles. The number of carbonyl (C=O) groups is 2. The van der Waals surface area contributed by atoms with Gasteiger partial charge < -0.3 is 10.0 Å². The predicted octanol–water partition coefficient (Wildman–Crippen LogP) is 2.26. The van der Waals surface area contributed by atoms with Crippen molar-refractivity contribution in [2.45, 2.75) is 50.5 Å². The van der Waals surface area contributed by atoms with Crippen molar-refractivity contribution in [2.75, 3.05) is 7.05 Å². The van der Waals surface area contributed by atoms with Gasteiger partial charge in [-0.25, -0.2) is 0 Å². The number of amides is 1. The molecule has 0 aromatic carbocycles. The van der Waals surface area contributed by atoms with E-state index in [-0.39, 0.29) is 12.3 Å². The molecule has 1 heterocycles. The molecule has 0 radical (unpaired) electrons. The molecule has 1 aromatic rings. The molecule has 0 bridgehead atoms. The van der Waals surface area contributed by atoms with Gasteiger partial charge in [-0.1, -0.05) is 19.3 Å². The van der Waals surface area contributed by atoms with Crippen molar-refractivity contribution in [2.24, 2.45) is 0 Å². The van der Waals surface area contributed by atoms with Crippen molar-refractivity contribution in [3.63, 3.8) is 0 Å². The van der Waals surface area contributed by atoms with Crippen LogP contribution < -0.4 is 0 Å². The van der Waals surface area contributed by atoms with Gasteiger partial charge in [-0.2, -0.15) is 0 Å². The molecule has 0 unspecified atom stereocenters. The zero-order chi connectivity index (χ0) is 15.3. The molecule has 0 atom stereocenters. The Morgan fingerprint density at radius 1 is 1.24 bits per heavy atom. The van der Waals surface area contributed by atoms with Gasteiger partial charge in [-0.15, -0.1) is 0 Å². The van der Waals surface area contributed by atoms with E-state index in [1.165, 1.54) is 0 Å². The van der Waals surface area contributed by atoms with Crippen LogP contribution in [0.3, 0.4) is 0 Å². The molecule has 0 saturated heterocycles. The standard InChI is InChI=1S/C16H22N2O3/c1-18(14(19)11-13-5-9-17-10-6-13)16(12-15(20)21)7-3-2-4-8-16/h5-6,9-10H,2-4,7-8,11-12H2,1H3,(H,20,21). The fourth-order valence-corrected chi connectivity index (χ4v) is 3.18. The summed E-state index contributed by atoms with van der Waals surface area (Å²) >= 11 is 0. The number of hydrogen-bond acceptors (Lipinski definition) is 3. The summed E-state index contributed by atoms with van der Waals surface area (Å²) in [4.78, 5) is 29.3. The van der Waals surface area contributed by atoms with Crippen molar-refractivity contribution in [3.05, 3.63) is 30.1 Å². The number of nitrogens with zero attached hydrogens (tertiary/aromatic N) is 2. The number of aromatic nitrogens is 1. The maximum Gasteiger partial charge on any atom is 0.305 e. The van der Waals surface area contributed by atoms with E-state index < -0.39 is 11.5 Å². The van der Waals surface area contributed by atoms with Crippen LogP contribution >= 0.6 is 0 Å². The monoisotopic (exact) mass is 290 g/mol. The molecule has 21 heavy (non-hydrogen) atoms. The molecule has 2 rings (SSSR count). The van der Waals surface area contributed by atoms with Crippen LogP contribution in [0, 0.1) is 0 Å². The van der Waals surface area contributed by atoms with Gasteiger partial charge in [0, 0.05) is 19.4 Å². The maximum absolute atomic E-state index is 12.5. The van der Waals surface area contributed by atoms with Crippen molar-refractivity contribution < 1.29 is 14.7 Å².